The van der Waals surface area contributed by atoms with Gasteiger partial charge in [-0.25, -0.2) is 23.2 Å². The third-order valence-electron chi connectivity index (χ3n) is 11.6. The highest BCUT2D eigenvalue weighted by Crippen LogP contribution is 2.46. The lowest BCUT2D eigenvalue weighted by molar-refractivity contribution is -0.143. The molecule has 1 aromatic heterocycles. The molecule has 1 aromatic carbocycles. The van der Waals surface area contributed by atoms with Crippen LogP contribution < -0.4 is 25.4 Å². The smallest absolute Gasteiger partial charge is 0.438 e. The number of rotatable bonds is 9. The van der Waals surface area contributed by atoms with Crippen molar-refractivity contribution >= 4 is 50.7 Å². The van der Waals surface area contributed by atoms with E-state index in [1.54, 1.807) is 26.0 Å². The lowest BCUT2D eigenvalue weighted by Crippen LogP contribution is -2.61. The van der Waals surface area contributed by atoms with Gasteiger partial charge in [0.05, 0.1) is 22.8 Å². The van der Waals surface area contributed by atoms with Gasteiger partial charge in [-0.15, -0.1) is 0 Å². The van der Waals surface area contributed by atoms with E-state index in [2.05, 4.69) is 30.6 Å². The van der Waals surface area contributed by atoms with Crippen molar-refractivity contribution in [2.45, 2.75) is 119 Å². The summed E-state index contributed by atoms with van der Waals surface area (Å²) < 4.78 is 76.8. The summed E-state index contributed by atoms with van der Waals surface area (Å²) in [6.07, 6.45) is 1.05. The van der Waals surface area contributed by atoms with Crippen LogP contribution in [0.4, 0.5) is 18.0 Å². The van der Waals surface area contributed by atoms with Crippen LogP contribution in [0.15, 0.2) is 36.4 Å². The van der Waals surface area contributed by atoms with Crippen molar-refractivity contribution in [3.8, 4) is 5.88 Å². The molecular formula is C39H49F3N8O8S. The second kappa shape index (κ2) is 16.6. The molecule has 6 amide bonds. The number of benzene rings is 1. The van der Waals surface area contributed by atoms with Gasteiger partial charge in [0.2, 0.25) is 39.3 Å². The Balaban J connectivity index is 1.22. The number of sulfonamides is 1. The fourth-order valence-electron chi connectivity index (χ4n) is 8.23. The topological polar surface area (TPSA) is 209 Å². The Hall–Kier alpha value is -5.01. The molecule has 16 nitrogen and oxygen atoms in total. The molecule has 6 atom stereocenters. The lowest BCUT2D eigenvalue weighted by atomic mass is 9.99. The van der Waals surface area contributed by atoms with Gasteiger partial charge in [0.25, 0.3) is 5.91 Å². The first kappa shape index (κ1) is 42.1. The van der Waals surface area contributed by atoms with Gasteiger partial charge in [-0.1, -0.05) is 51.0 Å². The highest BCUT2D eigenvalue weighted by Gasteiger charge is 2.62. The van der Waals surface area contributed by atoms with Gasteiger partial charge < -0.3 is 30.5 Å². The Morgan fingerprint density at radius 3 is 2.42 bits per heavy atom. The van der Waals surface area contributed by atoms with E-state index in [-0.39, 0.29) is 36.2 Å². The third kappa shape index (κ3) is 9.11. The molecule has 4 heterocycles. The van der Waals surface area contributed by atoms with E-state index in [9.17, 15) is 45.6 Å². The number of nitrogens with zero attached hydrogens (tertiary/aromatic N) is 4. The minimum atomic E-state index is -4.98. The first-order chi connectivity index (χ1) is 28.0. The monoisotopic (exact) mass is 846 g/mol. The number of amides is 6. The van der Waals surface area contributed by atoms with E-state index >= 15 is 0 Å². The quantitative estimate of drug-likeness (QED) is 0.272. The molecule has 2 aromatic rings. The first-order valence-electron chi connectivity index (χ1n) is 20.2. The van der Waals surface area contributed by atoms with Crippen molar-refractivity contribution < 1.29 is 50.3 Å². The number of nitrogens with one attached hydrogen (secondary N) is 4. The minimum Gasteiger partial charge on any atom is -0.471 e. The number of allylic oxidation sites excluding steroid dienone is 1. The minimum absolute atomic E-state index is 0.0264. The highest BCUT2D eigenvalue weighted by atomic mass is 32.2. The van der Waals surface area contributed by atoms with E-state index in [4.69, 9.17) is 4.74 Å². The highest BCUT2D eigenvalue weighted by molar-refractivity contribution is 7.91. The molecule has 20 heteroatoms. The molecule has 2 saturated heterocycles. The molecule has 0 bridgehead atoms. The van der Waals surface area contributed by atoms with Gasteiger partial charge in [-0.2, -0.15) is 13.2 Å². The Bertz CT molecular complexity index is 2130. The van der Waals surface area contributed by atoms with Crippen LogP contribution in [0.5, 0.6) is 5.88 Å². The number of alkyl halides is 3. The average Bonchev–Trinajstić information content (AvgIpc) is 4.10. The predicted octanol–water partition coefficient (Wildman–Crippen LogP) is 2.93. The van der Waals surface area contributed by atoms with Gasteiger partial charge in [-0.3, -0.25) is 23.9 Å². The van der Waals surface area contributed by atoms with Crippen LogP contribution in [-0.4, -0.2) is 112 Å². The van der Waals surface area contributed by atoms with Crippen LogP contribution in [0, 0.1) is 11.8 Å². The third-order valence-corrected chi connectivity index (χ3v) is 13.4. The van der Waals surface area contributed by atoms with E-state index in [0.29, 0.717) is 58.0 Å². The number of aromatic nitrogens is 2. The van der Waals surface area contributed by atoms with Crippen LogP contribution >= 0.6 is 0 Å². The van der Waals surface area contributed by atoms with E-state index in [0.717, 1.165) is 4.90 Å². The van der Waals surface area contributed by atoms with Crippen molar-refractivity contribution in [1.82, 2.24) is 40.4 Å². The number of carbonyl (C=O) groups is 5. The molecule has 3 aliphatic heterocycles. The van der Waals surface area contributed by atoms with Crippen LogP contribution in [0.2, 0.25) is 0 Å². The van der Waals surface area contributed by atoms with Crippen molar-refractivity contribution in [3.63, 3.8) is 0 Å². The molecule has 4 fully saturated rings. The molecule has 320 valence electrons. The van der Waals surface area contributed by atoms with Crippen molar-refractivity contribution in [1.29, 1.82) is 0 Å². The van der Waals surface area contributed by atoms with Crippen molar-refractivity contribution in [3.05, 3.63) is 42.1 Å². The Morgan fingerprint density at radius 2 is 1.75 bits per heavy atom. The Kier molecular flexibility index (Phi) is 11.8. The second-order valence-corrected chi connectivity index (χ2v) is 18.3. The maximum atomic E-state index is 14.8. The number of ether oxygens (including phenoxy) is 1. The molecule has 59 heavy (non-hydrogen) atoms. The summed E-state index contributed by atoms with van der Waals surface area (Å²) in [4.78, 5) is 80.3. The SMILES string of the molecule is CC(C)[C@@H](C(=O)N[C@H]1CCCCC/C=C\[C@@H]2C[C@@]2(C(=O)NS(=O)(=O)C2CC2)NC(=O)[C@@H]2C[C@@H](Oc3nc4ccccc4nc3C(F)(F)F)CN2C1=O)N1CCCNC1=O. The maximum Gasteiger partial charge on any atom is 0.438 e. The van der Waals surface area contributed by atoms with Crippen LogP contribution in [-0.2, 0) is 35.4 Å². The van der Waals surface area contributed by atoms with Gasteiger partial charge in [-0.05, 0) is 63.0 Å². The van der Waals surface area contributed by atoms with Crippen LogP contribution in [0.3, 0.4) is 0 Å². The molecule has 0 radical (unpaired) electrons. The predicted molar refractivity (Wildman–Crippen MR) is 206 cm³/mol. The molecule has 0 spiro atoms. The number of fused-ring (bicyclic) bond motifs is 3. The Labute approximate surface area is 339 Å². The molecule has 5 aliphatic rings. The van der Waals surface area contributed by atoms with Crippen LogP contribution in [0.25, 0.3) is 11.0 Å². The molecular weight excluding hydrogens is 798 g/mol. The number of urea groups is 1. The standard InChI is InChI=1S/C39H49F3N8O8S/c1-22(2)30(49-18-10-17-43-37(49)55)33(52)45-28-14-7-5-3-4-6-11-23-20-38(23,36(54)48-59(56,57)25-15-16-25)47-32(51)29-19-24(21-50(29)35(28)53)58-34-31(39(40,41)42)44-26-12-8-9-13-27(26)46-34/h6,8-9,11-13,22-25,28-30H,3-5,7,10,14-21H2,1-2H3,(H,43,55)(H,45,52)(H,47,51)(H,48,54)/b11-6-/t23-,24-,28+,29+,30+,38-/m1/s1. The van der Waals surface area contributed by atoms with Crippen molar-refractivity contribution in [2.75, 3.05) is 19.6 Å². The lowest BCUT2D eigenvalue weighted by Gasteiger charge is -2.37. The largest absolute Gasteiger partial charge is 0.471 e. The first-order valence-corrected chi connectivity index (χ1v) is 21.7. The fourth-order valence-corrected chi connectivity index (χ4v) is 9.59. The van der Waals surface area contributed by atoms with E-state index < -0.39 is 105 Å². The summed E-state index contributed by atoms with van der Waals surface area (Å²) in [5.74, 6) is -4.86. The maximum absolute atomic E-state index is 14.8. The number of hydrogen-bond acceptors (Lipinski definition) is 10. The van der Waals surface area contributed by atoms with Gasteiger partial charge in [0, 0.05) is 25.4 Å². The number of halogens is 3. The van der Waals surface area contributed by atoms with Crippen molar-refractivity contribution in [2.24, 2.45) is 11.8 Å². The number of hydrogen-bond donors (Lipinski definition) is 4. The van der Waals surface area contributed by atoms with Crippen LogP contribution in [0.1, 0.15) is 83.7 Å². The fraction of sp³-hybridized carbons (Fsp3) is 0.615. The second-order valence-electron chi connectivity index (χ2n) is 16.4. The number of para-hydroxylation sites is 2. The zero-order valence-corrected chi connectivity index (χ0v) is 33.6. The summed E-state index contributed by atoms with van der Waals surface area (Å²) in [7, 11) is -4.01. The van der Waals surface area contributed by atoms with E-state index in [1.165, 1.54) is 23.1 Å². The molecule has 2 aliphatic carbocycles. The zero-order valence-electron chi connectivity index (χ0n) is 32.8. The summed E-state index contributed by atoms with van der Waals surface area (Å²) in [6.45, 7) is 3.92. The molecule has 2 saturated carbocycles. The normalized spacial score (nSPS) is 28.0. The molecule has 7 rings (SSSR count). The molecule has 0 unspecified atom stereocenters. The number of carbonyl (C=O) groups excluding carboxylic acids is 5. The van der Waals surface area contributed by atoms with E-state index in [1.807, 2.05) is 6.08 Å². The van der Waals surface area contributed by atoms with Gasteiger partial charge in [0.1, 0.15) is 29.8 Å². The summed E-state index contributed by atoms with van der Waals surface area (Å²) in [6, 6.07) is 1.91. The Morgan fingerprint density at radius 1 is 1.02 bits per heavy atom. The van der Waals surface area contributed by atoms with Gasteiger partial charge >= 0.3 is 12.2 Å². The molecule has 4 N–H and O–H groups in total. The summed E-state index contributed by atoms with van der Waals surface area (Å²) in [5.41, 5.74) is -2.99. The zero-order chi connectivity index (χ0) is 42.3. The van der Waals surface area contributed by atoms with Gasteiger partial charge in [0.15, 0.2) is 0 Å². The summed E-state index contributed by atoms with van der Waals surface area (Å²) >= 11 is 0. The summed E-state index contributed by atoms with van der Waals surface area (Å²) in [5, 5.41) is 7.60. The average molecular weight is 847 g/mol.